The molecule has 43 valence electrons. The second-order valence-corrected chi connectivity index (χ2v) is 2.95. The standard InChI is InChI=1S/C6H13S/c1-4-6(2,3)5-7/h4-5H2,1-3H3. The second-order valence-electron chi connectivity index (χ2n) is 2.66. The maximum Gasteiger partial charge on any atom is 0.00882 e. The minimum Gasteiger partial charge on any atom is -0.0936 e. The van der Waals surface area contributed by atoms with Gasteiger partial charge in [0, 0.05) is 5.75 Å². The molecule has 0 rings (SSSR count). The molecule has 1 radical (unpaired) electrons. The van der Waals surface area contributed by atoms with Crippen LogP contribution in [0.5, 0.6) is 0 Å². The largest absolute Gasteiger partial charge is 0.0936 e. The Kier molecular flexibility index (Phi) is 2.74. The zero-order valence-corrected chi connectivity index (χ0v) is 6.14. The molecule has 0 aromatic rings. The second kappa shape index (κ2) is 2.61. The van der Waals surface area contributed by atoms with Crippen LogP contribution in [-0.2, 0) is 0 Å². The smallest absolute Gasteiger partial charge is 0.00882 e. The molecule has 0 heterocycles. The van der Waals surface area contributed by atoms with Crippen LogP contribution in [0.2, 0.25) is 0 Å². The normalized spacial score (nSPS) is 12.0. The maximum atomic E-state index is 4.89. The Hall–Kier alpha value is 0.350. The van der Waals surface area contributed by atoms with Gasteiger partial charge in [-0.25, -0.2) is 0 Å². The lowest BCUT2D eigenvalue weighted by molar-refractivity contribution is 0.409. The van der Waals surface area contributed by atoms with Gasteiger partial charge in [-0.1, -0.05) is 39.8 Å². The van der Waals surface area contributed by atoms with Crippen LogP contribution in [0.1, 0.15) is 27.2 Å². The van der Waals surface area contributed by atoms with E-state index in [0.717, 1.165) is 5.75 Å². The van der Waals surface area contributed by atoms with Crippen molar-refractivity contribution in [2.24, 2.45) is 5.41 Å². The van der Waals surface area contributed by atoms with Gasteiger partial charge in [0.25, 0.3) is 0 Å². The highest BCUT2D eigenvalue weighted by atomic mass is 32.1. The molecule has 0 aromatic heterocycles. The fourth-order valence-electron chi connectivity index (χ4n) is 0.102. The summed E-state index contributed by atoms with van der Waals surface area (Å²) in [5, 5.41) is 0. The molecule has 0 aliphatic heterocycles. The third kappa shape index (κ3) is 2.98. The minimum atomic E-state index is 0.398. The molecule has 0 N–H and O–H groups in total. The highest BCUT2D eigenvalue weighted by Crippen LogP contribution is 2.19. The molecule has 7 heavy (non-hydrogen) atoms. The van der Waals surface area contributed by atoms with Gasteiger partial charge in [-0.3, -0.25) is 0 Å². The molecule has 1 heteroatoms. The van der Waals surface area contributed by atoms with Crippen molar-refractivity contribution < 1.29 is 0 Å². The maximum absolute atomic E-state index is 4.89. The van der Waals surface area contributed by atoms with E-state index >= 15 is 0 Å². The lowest BCUT2D eigenvalue weighted by atomic mass is 9.93. The van der Waals surface area contributed by atoms with Gasteiger partial charge in [-0.05, 0) is 5.41 Å². The van der Waals surface area contributed by atoms with Gasteiger partial charge in [-0.2, -0.15) is 0 Å². The van der Waals surface area contributed by atoms with Crippen molar-refractivity contribution in [1.82, 2.24) is 0 Å². The molecule has 0 spiro atoms. The highest BCUT2D eigenvalue weighted by molar-refractivity contribution is 7.80. The molecule has 0 saturated carbocycles. The van der Waals surface area contributed by atoms with Crippen molar-refractivity contribution in [1.29, 1.82) is 0 Å². The molecule has 0 unspecified atom stereocenters. The highest BCUT2D eigenvalue weighted by Gasteiger charge is 2.10. The predicted octanol–water partition coefficient (Wildman–Crippen LogP) is 2.62. The third-order valence-electron chi connectivity index (χ3n) is 1.35. The summed E-state index contributed by atoms with van der Waals surface area (Å²) in [5.41, 5.74) is 0.398. The lowest BCUT2D eigenvalue weighted by Crippen LogP contribution is -2.10. The van der Waals surface area contributed by atoms with Gasteiger partial charge in [0.1, 0.15) is 0 Å². The molecule has 0 aromatic carbocycles. The van der Waals surface area contributed by atoms with E-state index in [4.69, 9.17) is 12.6 Å². The molecular weight excluding hydrogens is 104 g/mol. The van der Waals surface area contributed by atoms with E-state index in [2.05, 4.69) is 20.8 Å². The van der Waals surface area contributed by atoms with Gasteiger partial charge in [0.15, 0.2) is 0 Å². The Bertz CT molecular complexity index is 42.1. The first-order valence-corrected chi connectivity index (χ1v) is 3.28. The van der Waals surface area contributed by atoms with Gasteiger partial charge < -0.3 is 0 Å². The van der Waals surface area contributed by atoms with Crippen molar-refractivity contribution in [2.75, 3.05) is 5.75 Å². The van der Waals surface area contributed by atoms with E-state index in [0.29, 0.717) is 5.41 Å². The van der Waals surface area contributed by atoms with Gasteiger partial charge in [0.2, 0.25) is 0 Å². The van der Waals surface area contributed by atoms with Gasteiger partial charge >= 0.3 is 0 Å². The van der Waals surface area contributed by atoms with Crippen molar-refractivity contribution in [3.63, 3.8) is 0 Å². The minimum absolute atomic E-state index is 0.398. The Balaban J connectivity index is 3.36. The zero-order valence-electron chi connectivity index (χ0n) is 5.32. The van der Waals surface area contributed by atoms with Gasteiger partial charge in [0.05, 0.1) is 0 Å². The zero-order chi connectivity index (χ0) is 5.91. The number of rotatable bonds is 2. The summed E-state index contributed by atoms with van der Waals surface area (Å²) in [5.74, 6) is 0.878. The predicted molar refractivity (Wildman–Crippen MR) is 36.5 cm³/mol. The average Bonchev–Trinajstić information content (AvgIpc) is 1.68. The van der Waals surface area contributed by atoms with Crippen LogP contribution in [0, 0.1) is 5.41 Å². The lowest BCUT2D eigenvalue weighted by Gasteiger charge is -2.17. The van der Waals surface area contributed by atoms with E-state index < -0.39 is 0 Å². The quantitative estimate of drug-likeness (QED) is 0.521. The molecule has 0 bridgehead atoms. The third-order valence-corrected chi connectivity index (χ3v) is 2.13. The number of hydrogen-bond acceptors (Lipinski definition) is 0. The molecule has 0 saturated heterocycles. The summed E-state index contributed by atoms with van der Waals surface area (Å²) in [6.07, 6.45) is 1.19. The first kappa shape index (κ1) is 7.35. The van der Waals surface area contributed by atoms with Crippen LogP contribution in [0.15, 0.2) is 0 Å². The topological polar surface area (TPSA) is 0 Å². The first-order chi connectivity index (χ1) is 3.12. The monoisotopic (exact) mass is 117 g/mol. The molecule has 0 nitrogen and oxygen atoms in total. The Morgan fingerprint density at radius 1 is 1.43 bits per heavy atom. The summed E-state index contributed by atoms with van der Waals surface area (Å²) in [6, 6.07) is 0. The first-order valence-electron chi connectivity index (χ1n) is 2.70. The molecule has 0 aliphatic rings. The summed E-state index contributed by atoms with van der Waals surface area (Å²) in [4.78, 5) is 0. The molecule has 0 atom stereocenters. The summed E-state index contributed by atoms with van der Waals surface area (Å²) in [7, 11) is 0. The van der Waals surface area contributed by atoms with E-state index in [1.165, 1.54) is 6.42 Å². The Morgan fingerprint density at radius 3 is 1.86 bits per heavy atom. The van der Waals surface area contributed by atoms with Crippen LogP contribution in [0.4, 0.5) is 0 Å². The average molecular weight is 117 g/mol. The summed E-state index contributed by atoms with van der Waals surface area (Å²) < 4.78 is 0. The van der Waals surface area contributed by atoms with E-state index in [1.807, 2.05) is 0 Å². The van der Waals surface area contributed by atoms with Crippen LogP contribution >= 0.6 is 12.6 Å². The fraction of sp³-hybridized carbons (Fsp3) is 1.00. The Labute approximate surface area is 51.7 Å². The van der Waals surface area contributed by atoms with Crippen molar-refractivity contribution in [2.45, 2.75) is 27.2 Å². The molecule has 0 fully saturated rings. The van der Waals surface area contributed by atoms with Crippen molar-refractivity contribution in [3.05, 3.63) is 0 Å². The van der Waals surface area contributed by atoms with Crippen molar-refractivity contribution >= 4 is 12.6 Å². The van der Waals surface area contributed by atoms with E-state index in [9.17, 15) is 0 Å². The van der Waals surface area contributed by atoms with Crippen LogP contribution in [-0.4, -0.2) is 5.75 Å². The van der Waals surface area contributed by atoms with E-state index in [1.54, 1.807) is 0 Å². The summed E-state index contributed by atoms with van der Waals surface area (Å²) in [6.45, 7) is 6.56. The molecule has 0 aliphatic carbocycles. The number of hydrogen-bond donors (Lipinski definition) is 0. The van der Waals surface area contributed by atoms with Crippen LogP contribution in [0.3, 0.4) is 0 Å². The van der Waals surface area contributed by atoms with Crippen LogP contribution < -0.4 is 0 Å². The Morgan fingerprint density at radius 2 is 1.86 bits per heavy atom. The SMILES string of the molecule is CCC(C)(C)C[S]. The van der Waals surface area contributed by atoms with Gasteiger partial charge in [-0.15, -0.1) is 0 Å². The molecule has 0 amide bonds. The summed E-state index contributed by atoms with van der Waals surface area (Å²) >= 11 is 4.89. The van der Waals surface area contributed by atoms with E-state index in [-0.39, 0.29) is 0 Å². The van der Waals surface area contributed by atoms with Crippen LogP contribution in [0.25, 0.3) is 0 Å². The fourth-order valence-corrected chi connectivity index (χ4v) is 0.306. The molecular formula is C6H13S. The van der Waals surface area contributed by atoms with Crippen molar-refractivity contribution in [3.8, 4) is 0 Å².